The van der Waals surface area contributed by atoms with E-state index in [9.17, 15) is 14.8 Å². The molecule has 1 aliphatic rings. The zero-order chi connectivity index (χ0) is 18.0. The maximum absolute atomic E-state index is 12.8. The number of carbonyl (C=O) groups excluding carboxylic acids is 2. The van der Waals surface area contributed by atoms with E-state index in [2.05, 4.69) is 10.3 Å². The summed E-state index contributed by atoms with van der Waals surface area (Å²) in [5.74, 6) is -0.897. The highest BCUT2D eigenvalue weighted by Gasteiger charge is 2.57. The second-order valence-electron chi connectivity index (χ2n) is 7.07. The smallest absolute Gasteiger partial charge is 0.277 e. The minimum absolute atomic E-state index is 0.0769. The first-order valence-electron chi connectivity index (χ1n) is 7.46. The van der Waals surface area contributed by atoms with Gasteiger partial charge >= 0.3 is 0 Å². The lowest BCUT2D eigenvalue weighted by Gasteiger charge is -2.28. The van der Waals surface area contributed by atoms with Crippen LogP contribution >= 0.6 is 0 Å². The minimum Gasteiger partial charge on any atom is -0.399 e. The van der Waals surface area contributed by atoms with Crippen LogP contribution in [0.3, 0.4) is 0 Å². The molecule has 0 bridgehead atoms. The second kappa shape index (κ2) is 6.76. The molecule has 0 radical (unpaired) electrons. The summed E-state index contributed by atoms with van der Waals surface area (Å²) in [5.41, 5.74) is -0.116. The Bertz CT molecular complexity index is 548. The number of oxime groups is 1. The van der Waals surface area contributed by atoms with Crippen molar-refractivity contribution in [1.82, 2.24) is 10.5 Å². The molecule has 1 heterocycles. The first kappa shape index (κ1) is 19.2. The van der Waals surface area contributed by atoms with E-state index in [0.717, 1.165) is 0 Å². The number of hydrogen-bond acceptors (Lipinski definition) is 7. The fourth-order valence-electron chi connectivity index (χ4n) is 2.39. The number of rotatable bonds is 6. The lowest BCUT2D eigenvalue weighted by atomic mass is 9.81. The summed E-state index contributed by atoms with van der Waals surface area (Å²) in [4.78, 5) is 30.2. The average Bonchev–Trinajstić information content (AvgIpc) is 2.71. The van der Waals surface area contributed by atoms with E-state index in [1.807, 2.05) is 26.3 Å². The lowest BCUT2D eigenvalue weighted by Crippen LogP contribution is -2.63. The molecule has 1 unspecified atom stereocenters. The van der Waals surface area contributed by atoms with Crippen LogP contribution in [-0.2, 0) is 14.4 Å². The van der Waals surface area contributed by atoms with Gasteiger partial charge in [-0.3, -0.25) is 9.59 Å². The van der Waals surface area contributed by atoms with Gasteiger partial charge in [-0.25, -0.2) is 5.01 Å². The van der Waals surface area contributed by atoms with Crippen molar-refractivity contribution >= 4 is 23.1 Å². The van der Waals surface area contributed by atoms with Crippen LogP contribution in [0.5, 0.6) is 0 Å². The first-order chi connectivity index (χ1) is 10.5. The molecule has 1 aliphatic heterocycles. The minimum atomic E-state index is -1.82. The Morgan fingerprint density at radius 2 is 2.04 bits per heavy atom. The summed E-state index contributed by atoms with van der Waals surface area (Å²) in [6.45, 7) is 10.8. The molecule has 1 amide bonds. The van der Waals surface area contributed by atoms with Crippen molar-refractivity contribution in [3.05, 3.63) is 0 Å². The zero-order valence-corrected chi connectivity index (χ0v) is 14.8. The molecule has 0 saturated heterocycles. The molecule has 1 atom stereocenters. The van der Waals surface area contributed by atoms with Gasteiger partial charge < -0.3 is 10.0 Å². The summed E-state index contributed by atoms with van der Waals surface area (Å²) in [6.07, 6.45) is 0.175. The predicted octanol–water partition coefficient (Wildman–Crippen LogP) is 1.34. The number of nitrogens with one attached hydrogen (secondary N) is 1. The van der Waals surface area contributed by atoms with Crippen LogP contribution in [0.25, 0.3) is 0 Å². The number of hydrogen-bond donors (Lipinski definition) is 2. The highest BCUT2D eigenvalue weighted by molar-refractivity contribution is 6.55. The van der Waals surface area contributed by atoms with Crippen LogP contribution in [0.2, 0.25) is 0 Å². The number of ketones is 1. The van der Waals surface area contributed by atoms with Gasteiger partial charge in [-0.2, -0.15) is 10.6 Å². The SMILES string of the molecule is CO/N=C(\C)C1(NO)C(=O)N(C(C)C)N=C1C(=O)CC(C)(C)C. The second-order valence-corrected chi connectivity index (χ2v) is 7.07. The van der Waals surface area contributed by atoms with Crippen molar-refractivity contribution < 1.29 is 19.6 Å². The quantitative estimate of drug-likeness (QED) is 0.566. The summed E-state index contributed by atoms with van der Waals surface area (Å²) >= 11 is 0. The van der Waals surface area contributed by atoms with Crippen molar-refractivity contribution in [3.63, 3.8) is 0 Å². The molecule has 130 valence electrons. The van der Waals surface area contributed by atoms with Gasteiger partial charge in [0.1, 0.15) is 12.8 Å². The molecule has 0 spiro atoms. The predicted molar refractivity (Wildman–Crippen MR) is 86.3 cm³/mol. The van der Waals surface area contributed by atoms with Crippen molar-refractivity contribution in [2.24, 2.45) is 15.7 Å². The summed E-state index contributed by atoms with van der Waals surface area (Å²) in [6, 6.07) is -0.273. The van der Waals surface area contributed by atoms with Gasteiger partial charge in [-0.05, 0) is 26.2 Å². The molecule has 0 aliphatic carbocycles. The molecular weight excluding hydrogens is 300 g/mol. The van der Waals surface area contributed by atoms with Crippen molar-refractivity contribution in [2.75, 3.05) is 7.11 Å². The Labute approximate surface area is 136 Å². The number of Topliss-reactive ketones (excluding diaryl/α,β-unsaturated/α-hetero) is 1. The average molecular weight is 326 g/mol. The Balaban J connectivity index is 3.45. The van der Waals surface area contributed by atoms with Crippen molar-refractivity contribution in [2.45, 2.75) is 59.5 Å². The molecule has 0 aromatic heterocycles. The maximum Gasteiger partial charge on any atom is 0.277 e. The maximum atomic E-state index is 12.8. The van der Waals surface area contributed by atoms with Crippen LogP contribution in [0.1, 0.15) is 48.0 Å². The molecule has 8 nitrogen and oxygen atoms in total. The first-order valence-corrected chi connectivity index (χ1v) is 7.46. The summed E-state index contributed by atoms with van der Waals surface area (Å²) in [7, 11) is 1.32. The van der Waals surface area contributed by atoms with Gasteiger partial charge in [0.2, 0.25) is 5.54 Å². The molecule has 0 saturated carbocycles. The van der Waals surface area contributed by atoms with Crippen LogP contribution < -0.4 is 5.48 Å². The van der Waals surface area contributed by atoms with E-state index in [1.165, 1.54) is 19.0 Å². The third-order valence-corrected chi connectivity index (χ3v) is 3.47. The van der Waals surface area contributed by atoms with E-state index in [1.54, 1.807) is 13.8 Å². The van der Waals surface area contributed by atoms with E-state index in [0.29, 0.717) is 0 Å². The summed E-state index contributed by atoms with van der Waals surface area (Å²) in [5, 5.41) is 18.8. The van der Waals surface area contributed by atoms with Gasteiger partial charge in [0.05, 0.1) is 11.8 Å². The molecule has 0 fully saturated rings. The number of amides is 1. The Kier molecular flexibility index (Phi) is 5.65. The Morgan fingerprint density at radius 3 is 2.43 bits per heavy atom. The van der Waals surface area contributed by atoms with Crippen molar-refractivity contribution in [3.8, 4) is 0 Å². The van der Waals surface area contributed by atoms with Gasteiger partial charge in [0.15, 0.2) is 5.78 Å². The molecule has 1 rings (SSSR count). The highest BCUT2D eigenvalue weighted by Crippen LogP contribution is 2.28. The van der Waals surface area contributed by atoms with Gasteiger partial charge in [-0.1, -0.05) is 25.9 Å². The molecule has 23 heavy (non-hydrogen) atoms. The van der Waals surface area contributed by atoms with Crippen LogP contribution in [0.4, 0.5) is 0 Å². The van der Waals surface area contributed by atoms with Crippen LogP contribution in [-0.4, -0.2) is 52.0 Å². The zero-order valence-electron chi connectivity index (χ0n) is 14.8. The van der Waals surface area contributed by atoms with Gasteiger partial charge in [-0.15, -0.1) is 0 Å². The Hall–Kier alpha value is -1.80. The van der Waals surface area contributed by atoms with Crippen LogP contribution in [0, 0.1) is 5.41 Å². The normalized spacial score (nSPS) is 22.7. The van der Waals surface area contributed by atoms with Crippen LogP contribution in [0.15, 0.2) is 10.3 Å². The van der Waals surface area contributed by atoms with E-state index in [-0.39, 0.29) is 35.1 Å². The topological polar surface area (TPSA) is 104 Å². The molecular formula is C15H26N4O4. The standard InChI is InChI=1S/C15H26N4O4/c1-9(2)19-13(21)15(18-22,10(3)17-23-7)12(16-19)11(20)8-14(4,5)6/h9,18,22H,8H2,1-7H3/b17-10+. The fourth-order valence-corrected chi connectivity index (χ4v) is 2.39. The largest absolute Gasteiger partial charge is 0.399 e. The summed E-state index contributed by atoms with van der Waals surface area (Å²) < 4.78 is 0. The number of hydroxylamine groups is 1. The highest BCUT2D eigenvalue weighted by atomic mass is 16.6. The molecule has 8 heteroatoms. The molecule has 0 aromatic rings. The Morgan fingerprint density at radius 1 is 1.48 bits per heavy atom. The third kappa shape index (κ3) is 3.59. The fraction of sp³-hybridized carbons (Fsp3) is 0.733. The number of hydrazone groups is 1. The van der Waals surface area contributed by atoms with E-state index < -0.39 is 11.4 Å². The van der Waals surface area contributed by atoms with Gasteiger partial charge in [0.25, 0.3) is 5.91 Å². The lowest BCUT2D eigenvalue weighted by molar-refractivity contribution is -0.136. The molecule has 0 aromatic carbocycles. The monoisotopic (exact) mass is 326 g/mol. The third-order valence-electron chi connectivity index (χ3n) is 3.47. The van der Waals surface area contributed by atoms with Crippen molar-refractivity contribution in [1.29, 1.82) is 0 Å². The number of carbonyl (C=O) groups is 2. The van der Waals surface area contributed by atoms with Gasteiger partial charge in [0, 0.05) is 6.42 Å². The van der Waals surface area contributed by atoms with E-state index in [4.69, 9.17) is 4.84 Å². The van der Waals surface area contributed by atoms with E-state index >= 15 is 0 Å². The molecule has 2 N–H and O–H groups in total. The number of nitrogens with zero attached hydrogens (tertiary/aromatic N) is 3.